The summed E-state index contributed by atoms with van der Waals surface area (Å²) in [5, 5.41) is 13.0. The number of hydrogen-bond acceptors (Lipinski definition) is 2. The number of hydrogen-bond donors (Lipinski definition) is 2. The predicted octanol–water partition coefficient (Wildman–Crippen LogP) is 4.21. The van der Waals surface area contributed by atoms with Gasteiger partial charge in [0, 0.05) is 13.1 Å². The van der Waals surface area contributed by atoms with E-state index < -0.39 is 0 Å². The van der Waals surface area contributed by atoms with Gasteiger partial charge in [0.1, 0.15) is 5.75 Å². The molecule has 18 heavy (non-hydrogen) atoms. The smallest absolute Gasteiger partial charge is 0.129 e. The van der Waals surface area contributed by atoms with Gasteiger partial charge < -0.3 is 10.4 Å². The molecule has 0 saturated heterocycles. The zero-order valence-corrected chi connectivity index (χ0v) is 12.6. The third kappa shape index (κ3) is 3.72. The molecule has 0 atom stereocenters. The molecule has 1 aromatic carbocycles. The Kier molecular flexibility index (Phi) is 4.68. The fourth-order valence-electron chi connectivity index (χ4n) is 2.75. The van der Waals surface area contributed by atoms with Crippen molar-refractivity contribution in [2.75, 3.05) is 6.54 Å². The van der Waals surface area contributed by atoms with Gasteiger partial charge in [-0.2, -0.15) is 0 Å². The van der Waals surface area contributed by atoms with Gasteiger partial charge in [0.15, 0.2) is 0 Å². The van der Waals surface area contributed by atoms with Gasteiger partial charge in [-0.25, -0.2) is 0 Å². The molecule has 2 N–H and O–H groups in total. The fourth-order valence-corrected chi connectivity index (χ4v) is 3.18. The van der Waals surface area contributed by atoms with Gasteiger partial charge in [0.25, 0.3) is 0 Å². The molecule has 0 amide bonds. The Labute approximate surface area is 118 Å². The fraction of sp³-hybridized carbons (Fsp3) is 0.600. The molecule has 3 heteroatoms. The molecule has 1 saturated carbocycles. The summed E-state index contributed by atoms with van der Waals surface area (Å²) in [4.78, 5) is 0. The van der Waals surface area contributed by atoms with Crippen LogP contribution in [0.5, 0.6) is 5.75 Å². The van der Waals surface area contributed by atoms with Crippen LogP contribution in [0.15, 0.2) is 22.7 Å². The molecular weight excluding hydrogens is 290 g/mol. The van der Waals surface area contributed by atoms with Crippen LogP contribution in [0, 0.1) is 5.41 Å². The molecule has 0 radical (unpaired) electrons. The maximum Gasteiger partial charge on any atom is 0.129 e. The molecule has 0 bridgehead atoms. The van der Waals surface area contributed by atoms with Crippen LogP contribution in [0.4, 0.5) is 0 Å². The number of phenolic OH excluding ortho intramolecular Hbond substituents is 1. The molecule has 1 fully saturated rings. The van der Waals surface area contributed by atoms with Crippen molar-refractivity contribution < 1.29 is 5.11 Å². The molecule has 0 unspecified atom stereocenters. The Morgan fingerprint density at radius 2 is 2.00 bits per heavy atom. The Hall–Kier alpha value is -0.540. The lowest BCUT2D eigenvalue weighted by Crippen LogP contribution is -2.33. The lowest BCUT2D eigenvalue weighted by molar-refractivity contribution is 0.207. The second kappa shape index (κ2) is 6.07. The van der Waals surface area contributed by atoms with Crippen LogP contribution in [0.25, 0.3) is 0 Å². The normalized spacial score (nSPS) is 18.8. The van der Waals surface area contributed by atoms with Crippen LogP contribution in [0.1, 0.15) is 44.6 Å². The lowest BCUT2D eigenvalue weighted by atomic mass is 9.76. The Balaban J connectivity index is 1.82. The van der Waals surface area contributed by atoms with Crippen LogP contribution in [-0.4, -0.2) is 11.7 Å². The maximum absolute atomic E-state index is 9.45. The van der Waals surface area contributed by atoms with Crippen LogP contribution in [0.2, 0.25) is 0 Å². The third-order valence-corrected chi connectivity index (χ3v) is 4.59. The number of aromatic hydroxyl groups is 1. The number of rotatable bonds is 4. The molecule has 1 aliphatic carbocycles. The van der Waals surface area contributed by atoms with E-state index in [1.807, 2.05) is 12.1 Å². The van der Waals surface area contributed by atoms with Gasteiger partial charge in [0.2, 0.25) is 0 Å². The molecule has 0 spiro atoms. The molecular formula is C15H22BrNO. The van der Waals surface area contributed by atoms with Crippen molar-refractivity contribution in [3.63, 3.8) is 0 Å². The average Bonchev–Trinajstić information content (AvgIpc) is 2.34. The van der Waals surface area contributed by atoms with E-state index in [9.17, 15) is 5.11 Å². The molecule has 1 aromatic rings. The molecule has 0 aliphatic heterocycles. The minimum Gasteiger partial charge on any atom is -0.507 e. The first-order chi connectivity index (χ1) is 8.59. The van der Waals surface area contributed by atoms with E-state index in [0.29, 0.717) is 11.2 Å². The van der Waals surface area contributed by atoms with Crippen LogP contribution in [-0.2, 0) is 6.54 Å². The van der Waals surface area contributed by atoms with Gasteiger partial charge in [0.05, 0.1) is 4.47 Å². The van der Waals surface area contributed by atoms with Crippen LogP contribution in [0.3, 0.4) is 0 Å². The highest BCUT2D eigenvalue weighted by atomic mass is 79.9. The summed E-state index contributed by atoms with van der Waals surface area (Å²) in [7, 11) is 0. The van der Waals surface area contributed by atoms with Gasteiger partial charge in [-0.3, -0.25) is 0 Å². The highest BCUT2D eigenvalue weighted by Crippen LogP contribution is 2.35. The standard InChI is InChI=1S/C15H22BrNO/c1-15(7-3-2-4-8-15)11-17-10-12-5-6-14(18)13(16)9-12/h5-6,9,17-18H,2-4,7-8,10-11H2,1H3. The quantitative estimate of drug-likeness (QED) is 0.872. The van der Waals surface area contributed by atoms with E-state index in [1.165, 1.54) is 37.7 Å². The monoisotopic (exact) mass is 311 g/mol. The van der Waals surface area contributed by atoms with Crippen molar-refractivity contribution >= 4 is 15.9 Å². The molecule has 0 heterocycles. The minimum atomic E-state index is 0.304. The summed E-state index contributed by atoms with van der Waals surface area (Å²) in [5.41, 5.74) is 1.69. The third-order valence-electron chi connectivity index (χ3n) is 3.95. The van der Waals surface area contributed by atoms with Crippen molar-refractivity contribution in [2.24, 2.45) is 5.41 Å². The lowest BCUT2D eigenvalue weighted by Gasteiger charge is -2.33. The summed E-state index contributed by atoms with van der Waals surface area (Å²) >= 11 is 3.35. The SMILES string of the molecule is CC1(CNCc2ccc(O)c(Br)c2)CCCCC1. The van der Waals surface area contributed by atoms with E-state index in [0.717, 1.165) is 17.6 Å². The summed E-state index contributed by atoms with van der Waals surface area (Å²) in [6.45, 7) is 4.35. The second-order valence-electron chi connectivity index (χ2n) is 5.76. The van der Waals surface area contributed by atoms with Crippen molar-refractivity contribution in [2.45, 2.75) is 45.6 Å². The van der Waals surface area contributed by atoms with Crippen molar-refractivity contribution in [1.82, 2.24) is 5.32 Å². The maximum atomic E-state index is 9.45. The van der Waals surface area contributed by atoms with Gasteiger partial charge >= 0.3 is 0 Å². The Bertz CT molecular complexity index is 399. The van der Waals surface area contributed by atoms with Crippen molar-refractivity contribution in [3.8, 4) is 5.75 Å². The summed E-state index contributed by atoms with van der Waals surface area (Å²) < 4.78 is 0.769. The zero-order chi connectivity index (χ0) is 13.0. The van der Waals surface area contributed by atoms with E-state index in [-0.39, 0.29) is 0 Å². The number of phenols is 1. The van der Waals surface area contributed by atoms with E-state index in [4.69, 9.17) is 0 Å². The molecule has 100 valence electrons. The van der Waals surface area contributed by atoms with Crippen LogP contribution >= 0.6 is 15.9 Å². The van der Waals surface area contributed by atoms with E-state index >= 15 is 0 Å². The largest absolute Gasteiger partial charge is 0.507 e. The first kappa shape index (κ1) is 13.9. The predicted molar refractivity (Wildman–Crippen MR) is 78.7 cm³/mol. The molecule has 2 rings (SSSR count). The van der Waals surface area contributed by atoms with E-state index in [2.05, 4.69) is 28.2 Å². The molecule has 2 nitrogen and oxygen atoms in total. The van der Waals surface area contributed by atoms with Gasteiger partial charge in [-0.15, -0.1) is 0 Å². The van der Waals surface area contributed by atoms with Crippen molar-refractivity contribution in [3.05, 3.63) is 28.2 Å². The number of benzene rings is 1. The number of halogens is 1. The average molecular weight is 312 g/mol. The number of nitrogens with one attached hydrogen (secondary N) is 1. The highest BCUT2D eigenvalue weighted by molar-refractivity contribution is 9.10. The summed E-state index contributed by atoms with van der Waals surface area (Å²) in [6.07, 6.45) is 6.85. The molecule has 1 aliphatic rings. The molecule has 0 aromatic heterocycles. The minimum absolute atomic E-state index is 0.304. The summed E-state index contributed by atoms with van der Waals surface area (Å²) in [6, 6.07) is 5.69. The van der Waals surface area contributed by atoms with Gasteiger partial charge in [-0.1, -0.05) is 32.3 Å². The first-order valence-electron chi connectivity index (χ1n) is 6.77. The van der Waals surface area contributed by atoms with Crippen LogP contribution < -0.4 is 5.32 Å². The zero-order valence-electron chi connectivity index (χ0n) is 11.0. The first-order valence-corrected chi connectivity index (χ1v) is 7.56. The summed E-state index contributed by atoms with van der Waals surface area (Å²) in [5.74, 6) is 0.304. The highest BCUT2D eigenvalue weighted by Gasteiger charge is 2.25. The van der Waals surface area contributed by atoms with Gasteiger partial charge in [-0.05, 0) is 51.9 Å². The second-order valence-corrected chi connectivity index (χ2v) is 6.61. The topological polar surface area (TPSA) is 32.3 Å². The van der Waals surface area contributed by atoms with Crippen molar-refractivity contribution in [1.29, 1.82) is 0 Å². The Morgan fingerprint density at radius 1 is 1.28 bits per heavy atom. The van der Waals surface area contributed by atoms with E-state index in [1.54, 1.807) is 6.07 Å². The Morgan fingerprint density at radius 3 is 2.67 bits per heavy atom.